The molecule has 3 rings (SSSR count). The van der Waals surface area contributed by atoms with E-state index in [1.54, 1.807) is 18.4 Å². The van der Waals surface area contributed by atoms with E-state index in [0.29, 0.717) is 22.5 Å². The lowest BCUT2D eigenvalue weighted by Crippen LogP contribution is -2.11. The zero-order valence-electron chi connectivity index (χ0n) is 10.1. The van der Waals surface area contributed by atoms with Gasteiger partial charge in [-0.1, -0.05) is 16.9 Å². The zero-order chi connectivity index (χ0) is 13.2. The summed E-state index contributed by atoms with van der Waals surface area (Å²) in [5, 5.41) is 12.4. The van der Waals surface area contributed by atoms with Gasteiger partial charge >= 0.3 is 0 Å². The van der Waals surface area contributed by atoms with E-state index < -0.39 is 0 Å². The first-order valence-corrected chi connectivity index (χ1v) is 6.52. The summed E-state index contributed by atoms with van der Waals surface area (Å²) < 4.78 is 11.8. The van der Waals surface area contributed by atoms with Crippen LogP contribution in [0.1, 0.15) is 11.5 Å². The molecule has 0 amide bonds. The van der Waals surface area contributed by atoms with E-state index in [0.717, 1.165) is 11.5 Å². The van der Waals surface area contributed by atoms with Crippen LogP contribution >= 0.6 is 11.8 Å². The number of aromatic nitrogens is 4. The number of hydrogen-bond donors (Lipinski definition) is 1. The van der Waals surface area contributed by atoms with E-state index >= 15 is 0 Å². The van der Waals surface area contributed by atoms with Crippen molar-refractivity contribution >= 4 is 11.8 Å². The van der Waals surface area contributed by atoms with Gasteiger partial charge in [0.1, 0.15) is 5.76 Å². The molecule has 2 N–H and O–H groups in total. The number of aryl methyl sites for hydroxylation is 1. The second-order valence-corrected chi connectivity index (χ2v) is 4.82. The summed E-state index contributed by atoms with van der Waals surface area (Å²) in [4.78, 5) is 0. The normalized spacial score (nSPS) is 11.0. The Kier molecular flexibility index (Phi) is 3.00. The molecule has 3 heterocycles. The molecule has 0 aliphatic heterocycles. The molecular formula is C11H11N5O2S. The topological polar surface area (TPSA) is 95.9 Å². The SMILES string of the molecule is Cc1cc(CSc2nnc(-c3ccco3)n2N)on1. The lowest BCUT2D eigenvalue weighted by molar-refractivity contribution is 0.391. The summed E-state index contributed by atoms with van der Waals surface area (Å²) in [6.45, 7) is 1.87. The molecule has 0 aromatic carbocycles. The van der Waals surface area contributed by atoms with E-state index in [2.05, 4.69) is 15.4 Å². The van der Waals surface area contributed by atoms with Crippen molar-refractivity contribution in [2.24, 2.45) is 0 Å². The van der Waals surface area contributed by atoms with Crippen molar-refractivity contribution in [1.29, 1.82) is 0 Å². The largest absolute Gasteiger partial charge is 0.461 e. The first-order valence-electron chi connectivity index (χ1n) is 5.53. The monoisotopic (exact) mass is 277 g/mol. The maximum Gasteiger partial charge on any atom is 0.218 e. The average molecular weight is 277 g/mol. The smallest absolute Gasteiger partial charge is 0.218 e. The number of furan rings is 1. The maximum absolute atomic E-state index is 5.93. The molecule has 0 bridgehead atoms. The zero-order valence-corrected chi connectivity index (χ0v) is 10.9. The van der Waals surface area contributed by atoms with Crippen LogP contribution in [0.2, 0.25) is 0 Å². The second kappa shape index (κ2) is 4.81. The molecule has 0 saturated heterocycles. The summed E-state index contributed by atoms with van der Waals surface area (Å²) in [5.74, 6) is 8.36. The van der Waals surface area contributed by atoms with Gasteiger partial charge in [-0.3, -0.25) is 0 Å². The minimum absolute atomic E-state index is 0.487. The van der Waals surface area contributed by atoms with Gasteiger partial charge in [-0.2, -0.15) is 0 Å². The van der Waals surface area contributed by atoms with Crippen molar-refractivity contribution in [3.63, 3.8) is 0 Å². The van der Waals surface area contributed by atoms with Crippen LogP contribution in [0.4, 0.5) is 0 Å². The predicted molar refractivity (Wildman–Crippen MR) is 68.7 cm³/mol. The highest BCUT2D eigenvalue weighted by molar-refractivity contribution is 7.98. The van der Waals surface area contributed by atoms with Gasteiger partial charge in [0.25, 0.3) is 0 Å². The van der Waals surface area contributed by atoms with Crippen molar-refractivity contribution in [2.75, 3.05) is 5.84 Å². The molecule has 0 saturated carbocycles. The molecule has 98 valence electrons. The van der Waals surface area contributed by atoms with Crippen LogP contribution in [0.5, 0.6) is 0 Å². The summed E-state index contributed by atoms with van der Waals surface area (Å²) >= 11 is 1.42. The molecular weight excluding hydrogens is 266 g/mol. The summed E-state index contributed by atoms with van der Waals surface area (Å²) in [7, 11) is 0. The highest BCUT2D eigenvalue weighted by Gasteiger charge is 2.14. The molecule has 3 aromatic rings. The molecule has 0 spiro atoms. The molecule has 7 nitrogen and oxygen atoms in total. The molecule has 0 aliphatic carbocycles. The Hall–Kier alpha value is -2.22. The Balaban J connectivity index is 1.75. The molecule has 0 atom stereocenters. The van der Waals surface area contributed by atoms with Crippen molar-refractivity contribution in [3.05, 3.63) is 35.9 Å². The Morgan fingerprint density at radius 1 is 1.42 bits per heavy atom. The molecule has 19 heavy (non-hydrogen) atoms. The van der Waals surface area contributed by atoms with Crippen LogP contribution in [-0.2, 0) is 5.75 Å². The van der Waals surface area contributed by atoms with E-state index in [4.69, 9.17) is 14.8 Å². The molecule has 0 unspecified atom stereocenters. The summed E-state index contributed by atoms with van der Waals surface area (Å²) in [6, 6.07) is 5.42. The van der Waals surface area contributed by atoms with Gasteiger partial charge in [-0.05, 0) is 19.1 Å². The van der Waals surface area contributed by atoms with Crippen LogP contribution in [0.25, 0.3) is 11.6 Å². The summed E-state index contributed by atoms with van der Waals surface area (Å²) in [6.07, 6.45) is 1.56. The van der Waals surface area contributed by atoms with E-state index in [-0.39, 0.29) is 0 Å². The van der Waals surface area contributed by atoms with Crippen molar-refractivity contribution in [1.82, 2.24) is 20.0 Å². The van der Waals surface area contributed by atoms with Crippen molar-refractivity contribution in [2.45, 2.75) is 17.8 Å². The van der Waals surface area contributed by atoms with Gasteiger partial charge < -0.3 is 14.8 Å². The first-order chi connectivity index (χ1) is 9.24. The number of rotatable bonds is 4. The van der Waals surface area contributed by atoms with Crippen LogP contribution in [0.15, 0.2) is 38.6 Å². The minimum atomic E-state index is 0.487. The number of thioether (sulfide) groups is 1. The number of nitrogens with two attached hydrogens (primary N) is 1. The highest BCUT2D eigenvalue weighted by Crippen LogP contribution is 2.24. The third-order valence-electron chi connectivity index (χ3n) is 2.43. The molecule has 0 radical (unpaired) electrons. The third-order valence-corrected chi connectivity index (χ3v) is 3.39. The molecule has 8 heteroatoms. The van der Waals surface area contributed by atoms with Crippen LogP contribution in [0, 0.1) is 6.92 Å². The minimum Gasteiger partial charge on any atom is -0.461 e. The Morgan fingerprint density at radius 2 is 2.32 bits per heavy atom. The van der Waals surface area contributed by atoms with Crippen molar-refractivity contribution in [3.8, 4) is 11.6 Å². The lowest BCUT2D eigenvalue weighted by atomic mass is 10.4. The Bertz CT molecular complexity index is 673. The van der Waals surface area contributed by atoms with Crippen LogP contribution in [0.3, 0.4) is 0 Å². The number of hydrogen-bond acceptors (Lipinski definition) is 7. The van der Waals surface area contributed by atoms with Gasteiger partial charge in [-0.15, -0.1) is 10.2 Å². The third kappa shape index (κ3) is 2.34. The van der Waals surface area contributed by atoms with E-state index in [1.165, 1.54) is 16.4 Å². The van der Waals surface area contributed by atoms with Gasteiger partial charge in [0.05, 0.1) is 17.7 Å². The molecule has 0 fully saturated rings. The fraction of sp³-hybridized carbons (Fsp3) is 0.182. The van der Waals surface area contributed by atoms with E-state index in [9.17, 15) is 0 Å². The Labute approximate surface area is 112 Å². The number of nitrogen functional groups attached to an aromatic ring is 1. The first kappa shape index (κ1) is 11.8. The molecule has 0 aliphatic rings. The second-order valence-electron chi connectivity index (χ2n) is 3.88. The fourth-order valence-corrected chi connectivity index (χ4v) is 2.30. The van der Waals surface area contributed by atoms with Gasteiger partial charge in [0.15, 0.2) is 5.76 Å². The highest BCUT2D eigenvalue weighted by atomic mass is 32.2. The van der Waals surface area contributed by atoms with Crippen molar-refractivity contribution < 1.29 is 8.94 Å². The van der Waals surface area contributed by atoms with Gasteiger partial charge in [0, 0.05) is 6.07 Å². The van der Waals surface area contributed by atoms with Crippen LogP contribution in [-0.4, -0.2) is 20.0 Å². The summed E-state index contributed by atoms with van der Waals surface area (Å²) in [5.41, 5.74) is 0.848. The average Bonchev–Trinajstić information content (AvgIpc) is 3.09. The van der Waals surface area contributed by atoms with Crippen LogP contribution < -0.4 is 5.84 Å². The van der Waals surface area contributed by atoms with Gasteiger partial charge in [-0.25, -0.2) is 4.68 Å². The van der Waals surface area contributed by atoms with E-state index in [1.807, 2.05) is 13.0 Å². The standard InChI is InChI=1S/C11H11N5O2S/c1-7-5-8(18-15-7)6-19-11-14-13-10(16(11)12)9-3-2-4-17-9/h2-5H,6,12H2,1H3. The van der Waals surface area contributed by atoms with Gasteiger partial charge in [0.2, 0.25) is 11.0 Å². The Morgan fingerprint density at radius 3 is 3.00 bits per heavy atom. The quantitative estimate of drug-likeness (QED) is 0.574. The fourth-order valence-electron chi connectivity index (χ4n) is 1.57. The molecule has 3 aromatic heterocycles. The predicted octanol–water partition coefficient (Wildman–Crippen LogP) is 1.84. The number of nitrogens with zero attached hydrogens (tertiary/aromatic N) is 4. The maximum atomic E-state index is 5.93. The lowest BCUT2D eigenvalue weighted by Gasteiger charge is -2.00.